The minimum atomic E-state index is 0.669. The van der Waals surface area contributed by atoms with Crippen molar-refractivity contribution in [3.05, 3.63) is 18.0 Å². The Morgan fingerprint density at radius 1 is 1.75 bits per heavy atom. The molecule has 0 bridgehead atoms. The highest BCUT2D eigenvalue weighted by Crippen LogP contribution is 2.08. The molecule has 0 saturated carbocycles. The fourth-order valence-corrected chi connectivity index (χ4v) is 2.07. The molecule has 0 fully saturated rings. The molecular weight excluding hydrogens is 242 g/mol. The highest BCUT2D eigenvalue weighted by molar-refractivity contribution is 8.13. The Morgan fingerprint density at radius 3 is 3.25 bits per heavy atom. The molecule has 0 spiro atoms. The molecule has 1 aromatic heterocycles. The van der Waals surface area contributed by atoms with Crippen LogP contribution in [0.3, 0.4) is 0 Å². The molecule has 7 heteroatoms. The lowest BCUT2D eigenvalue weighted by molar-refractivity contribution is 1.04. The zero-order valence-corrected chi connectivity index (χ0v) is 10.6. The first-order valence-electron chi connectivity index (χ1n) is 4.66. The van der Waals surface area contributed by atoms with E-state index in [1.54, 1.807) is 11.8 Å². The predicted octanol–water partition coefficient (Wildman–Crippen LogP) is 1.43. The molecule has 0 aliphatic carbocycles. The number of rotatable bonds is 5. The lowest BCUT2D eigenvalue weighted by atomic mass is 10.5. The number of aliphatic imine (C=N–C) groups is 1. The largest absolute Gasteiger partial charge is 0.285 e. The van der Waals surface area contributed by atoms with Crippen LogP contribution in [-0.4, -0.2) is 33.9 Å². The molecule has 0 aliphatic rings. The standard InChI is InChI=1S/C9H13N5S2/c1-15-9(12-7-10)11-4-5-16-6-8-2-3-13-14-8/h2-3H,4-6H2,1H3,(H,11,12)(H,13,14). The number of H-pyrrole nitrogens is 1. The summed E-state index contributed by atoms with van der Waals surface area (Å²) in [7, 11) is 0. The molecule has 1 rings (SSSR count). The van der Waals surface area contributed by atoms with Gasteiger partial charge in [-0.25, -0.2) is 0 Å². The van der Waals surface area contributed by atoms with Crippen LogP contribution in [0.25, 0.3) is 0 Å². The molecule has 0 amide bonds. The molecule has 0 aliphatic heterocycles. The molecule has 0 aromatic carbocycles. The van der Waals surface area contributed by atoms with Crippen LogP contribution < -0.4 is 5.32 Å². The summed E-state index contributed by atoms with van der Waals surface area (Å²) >= 11 is 3.21. The Morgan fingerprint density at radius 2 is 2.62 bits per heavy atom. The first-order valence-corrected chi connectivity index (χ1v) is 7.04. The third kappa shape index (κ3) is 5.09. The van der Waals surface area contributed by atoms with Gasteiger partial charge in [0.25, 0.3) is 0 Å². The summed E-state index contributed by atoms with van der Waals surface area (Å²) in [6, 6.07) is 1.96. The molecule has 1 heterocycles. The van der Waals surface area contributed by atoms with Gasteiger partial charge >= 0.3 is 0 Å². The monoisotopic (exact) mass is 255 g/mol. The molecule has 86 valence electrons. The number of hydrogen-bond acceptors (Lipinski definition) is 5. The topological polar surface area (TPSA) is 76.9 Å². The van der Waals surface area contributed by atoms with Gasteiger partial charge in [0.2, 0.25) is 0 Å². The van der Waals surface area contributed by atoms with Crippen molar-refractivity contribution in [2.45, 2.75) is 5.75 Å². The van der Waals surface area contributed by atoms with E-state index < -0.39 is 0 Å². The second-order valence-corrected chi connectivity index (χ2v) is 4.65. The quantitative estimate of drug-likeness (QED) is 0.274. The minimum Gasteiger partial charge on any atom is -0.285 e. The molecule has 0 atom stereocenters. The van der Waals surface area contributed by atoms with Crippen LogP contribution in [0.4, 0.5) is 0 Å². The molecule has 5 nitrogen and oxygen atoms in total. The van der Waals surface area contributed by atoms with E-state index in [0.717, 1.165) is 17.2 Å². The third-order valence-corrected chi connectivity index (χ3v) is 3.24. The van der Waals surface area contributed by atoms with Crippen molar-refractivity contribution >= 4 is 28.7 Å². The first kappa shape index (κ1) is 12.9. The second kappa shape index (κ2) is 8.07. The van der Waals surface area contributed by atoms with E-state index >= 15 is 0 Å². The highest BCUT2D eigenvalue weighted by Gasteiger charge is 1.96. The highest BCUT2D eigenvalue weighted by atomic mass is 32.2. The summed E-state index contributed by atoms with van der Waals surface area (Å²) in [6.45, 7) is 0.708. The number of hydrogen-bond donors (Lipinski definition) is 2. The molecule has 0 unspecified atom stereocenters. The van der Waals surface area contributed by atoms with Crippen molar-refractivity contribution in [1.29, 1.82) is 5.26 Å². The maximum Gasteiger partial charge on any atom is 0.183 e. The van der Waals surface area contributed by atoms with Crippen LogP contribution in [0, 0.1) is 11.5 Å². The summed E-state index contributed by atoms with van der Waals surface area (Å²) in [5, 5.41) is 18.4. The van der Waals surface area contributed by atoms with Gasteiger partial charge in [0.15, 0.2) is 11.4 Å². The fourth-order valence-electron chi connectivity index (χ4n) is 0.963. The third-order valence-electron chi connectivity index (χ3n) is 1.66. The average Bonchev–Trinajstić information content (AvgIpc) is 2.80. The van der Waals surface area contributed by atoms with Gasteiger partial charge in [-0.15, -0.1) is 0 Å². The number of nitrogens with zero attached hydrogens (tertiary/aromatic N) is 3. The predicted molar refractivity (Wildman–Crippen MR) is 69.3 cm³/mol. The van der Waals surface area contributed by atoms with Gasteiger partial charge in [-0.3, -0.25) is 15.4 Å². The van der Waals surface area contributed by atoms with E-state index in [1.165, 1.54) is 11.8 Å². The maximum atomic E-state index is 8.42. The van der Waals surface area contributed by atoms with Gasteiger partial charge in [0, 0.05) is 17.7 Å². The van der Waals surface area contributed by atoms with Crippen LogP contribution in [0.1, 0.15) is 5.69 Å². The van der Waals surface area contributed by atoms with Crippen molar-refractivity contribution in [2.24, 2.45) is 4.99 Å². The van der Waals surface area contributed by atoms with Gasteiger partial charge in [0.05, 0.1) is 12.2 Å². The van der Waals surface area contributed by atoms with Gasteiger partial charge in [-0.1, -0.05) is 11.8 Å². The van der Waals surface area contributed by atoms with Gasteiger partial charge < -0.3 is 0 Å². The number of thioether (sulfide) groups is 2. The van der Waals surface area contributed by atoms with Crippen molar-refractivity contribution in [1.82, 2.24) is 15.5 Å². The lowest BCUT2D eigenvalue weighted by Crippen LogP contribution is -2.13. The minimum absolute atomic E-state index is 0.669. The smallest absolute Gasteiger partial charge is 0.183 e. The number of nitrogens with one attached hydrogen (secondary N) is 2. The fraction of sp³-hybridized carbons (Fsp3) is 0.444. The molecule has 1 aromatic rings. The normalized spacial score (nSPS) is 11.1. The summed E-state index contributed by atoms with van der Waals surface area (Å²) < 4.78 is 0. The van der Waals surface area contributed by atoms with Gasteiger partial charge in [0.1, 0.15) is 0 Å². The SMILES string of the molecule is CS/C(=N\CCSCc1cc[nH]n1)NC#N. The number of amidine groups is 1. The van der Waals surface area contributed by atoms with E-state index in [0.29, 0.717) is 11.7 Å². The molecule has 0 radical (unpaired) electrons. The summed E-state index contributed by atoms with van der Waals surface area (Å²) in [6.07, 6.45) is 5.56. The van der Waals surface area contributed by atoms with E-state index in [1.807, 2.05) is 24.7 Å². The van der Waals surface area contributed by atoms with Crippen molar-refractivity contribution in [3.63, 3.8) is 0 Å². The molecule has 2 N–H and O–H groups in total. The first-order chi connectivity index (χ1) is 7.86. The number of aromatic nitrogens is 2. The van der Waals surface area contributed by atoms with Crippen molar-refractivity contribution in [2.75, 3.05) is 18.6 Å². The summed E-state index contributed by atoms with van der Waals surface area (Å²) in [5.74, 6) is 1.81. The summed E-state index contributed by atoms with van der Waals surface area (Å²) in [5.41, 5.74) is 1.05. The Balaban J connectivity index is 2.13. The molecule has 16 heavy (non-hydrogen) atoms. The van der Waals surface area contributed by atoms with Crippen LogP contribution in [0.5, 0.6) is 0 Å². The van der Waals surface area contributed by atoms with Crippen LogP contribution in [-0.2, 0) is 5.75 Å². The Labute approximate surface area is 103 Å². The number of nitriles is 1. The van der Waals surface area contributed by atoms with Gasteiger partial charge in [-0.2, -0.15) is 22.1 Å². The summed E-state index contributed by atoms with van der Waals surface area (Å²) in [4.78, 5) is 4.25. The maximum absolute atomic E-state index is 8.42. The van der Waals surface area contributed by atoms with Crippen molar-refractivity contribution < 1.29 is 0 Å². The Hall–Kier alpha value is -1.13. The van der Waals surface area contributed by atoms with E-state index in [2.05, 4.69) is 20.5 Å². The van der Waals surface area contributed by atoms with Gasteiger partial charge in [-0.05, 0) is 12.3 Å². The van der Waals surface area contributed by atoms with Crippen molar-refractivity contribution in [3.8, 4) is 6.19 Å². The Kier molecular flexibility index (Phi) is 6.53. The lowest BCUT2D eigenvalue weighted by Gasteiger charge is -1.99. The zero-order chi connectivity index (χ0) is 11.6. The van der Waals surface area contributed by atoms with E-state index in [4.69, 9.17) is 5.26 Å². The Bertz CT molecular complexity index is 354. The average molecular weight is 255 g/mol. The number of aromatic amines is 1. The van der Waals surface area contributed by atoms with Crippen LogP contribution >= 0.6 is 23.5 Å². The van der Waals surface area contributed by atoms with E-state index in [-0.39, 0.29) is 0 Å². The van der Waals surface area contributed by atoms with Crippen LogP contribution in [0.15, 0.2) is 17.3 Å². The van der Waals surface area contributed by atoms with E-state index in [9.17, 15) is 0 Å². The molecule has 0 saturated heterocycles. The van der Waals surface area contributed by atoms with Crippen LogP contribution in [0.2, 0.25) is 0 Å². The molecular formula is C9H13N5S2. The zero-order valence-electron chi connectivity index (χ0n) is 8.93. The second-order valence-electron chi connectivity index (χ2n) is 2.75.